The molecule has 1 aromatic rings. The molecule has 2 saturated heterocycles. The molecule has 110 valence electrons. The maximum Gasteiger partial charge on any atom is 0.0367 e. The Balaban J connectivity index is 1.65. The lowest BCUT2D eigenvalue weighted by Crippen LogP contribution is -2.47. The third-order valence-corrected chi connectivity index (χ3v) is 4.96. The van der Waals surface area contributed by atoms with E-state index in [4.69, 9.17) is 0 Å². The van der Waals surface area contributed by atoms with Gasteiger partial charge in [0.25, 0.3) is 0 Å². The summed E-state index contributed by atoms with van der Waals surface area (Å²) in [4.78, 5) is 5.03. The van der Waals surface area contributed by atoms with E-state index in [0.29, 0.717) is 12.0 Å². The lowest BCUT2D eigenvalue weighted by Gasteiger charge is -2.38. The minimum absolute atomic E-state index is 0.676. The molecule has 0 saturated carbocycles. The highest BCUT2D eigenvalue weighted by molar-refractivity contribution is 5.57. The Morgan fingerprint density at radius 1 is 0.950 bits per heavy atom. The Bertz CT molecular complexity index is 422. The lowest BCUT2D eigenvalue weighted by molar-refractivity contribution is 0.339. The van der Waals surface area contributed by atoms with Crippen molar-refractivity contribution in [2.45, 2.75) is 32.2 Å². The fourth-order valence-electron chi connectivity index (χ4n) is 3.66. The zero-order valence-corrected chi connectivity index (χ0v) is 12.8. The summed E-state index contributed by atoms with van der Waals surface area (Å²) in [5.41, 5.74) is 2.78. The topological polar surface area (TPSA) is 18.5 Å². The monoisotopic (exact) mass is 273 g/mol. The second kappa shape index (κ2) is 6.04. The van der Waals surface area contributed by atoms with E-state index in [9.17, 15) is 0 Å². The van der Waals surface area contributed by atoms with Crippen LogP contribution in [0.1, 0.15) is 26.2 Å². The molecule has 3 nitrogen and oxygen atoms in total. The van der Waals surface area contributed by atoms with E-state index in [-0.39, 0.29) is 0 Å². The highest BCUT2D eigenvalue weighted by atomic mass is 15.2. The summed E-state index contributed by atoms with van der Waals surface area (Å²) in [6.45, 7) is 7.13. The summed E-state index contributed by atoms with van der Waals surface area (Å²) in [5.74, 6) is 0.715. The molecule has 0 aliphatic carbocycles. The second-order valence-corrected chi connectivity index (χ2v) is 6.32. The molecule has 0 spiro atoms. The van der Waals surface area contributed by atoms with E-state index >= 15 is 0 Å². The van der Waals surface area contributed by atoms with Gasteiger partial charge in [-0.3, -0.25) is 0 Å². The first-order valence-corrected chi connectivity index (χ1v) is 8.05. The van der Waals surface area contributed by atoms with E-state index in [1.807, 2.05) is 0 Å². The first-order chi connectivity index (χ1) is 9.78. The van der Waals surface area contributed by atoms with E-state index in [1.54, 1.807) is 0 Å². The van der Waals surface area contributed by atoms with Crippen LogP contribution in [0, 0.1) is 5.92 Å². The Morgan fingerprint density at radius 2 is 1.55 bits per heavy atom. The van der Waals surface area contributed by atoms with Gasteiger partial charge in [-0.05, 0) is 56.5 Å². The van der Waals surface area contributed by atoms with Crippen LogP contribution in [0.5, 0.6) is 0 Å². The van der Waals surface area contributed by atoms with Crippen molar-refractivity contribution in [2.75, 3.05) is 43.0 Å². The molecule has 2 fully saturated rings. The molecule has 0 amide bonds. The molecule has 2 atom stereocenters. The summed E-state index contributed by atoms with van der Waals surface area (Å²) >= 11 is 0. The molecule has 2 aliphatic heterocycles. The van der Waals surface area contributed by atoms with Gasteiger partial charge in [0, 0.05) is 43.6 Å². The van der Waals surface area contributed by atoms with Crippen LogP contribution in [-0.2, 0) is 0 Å². The Hall–Kier alpha value is -1.22. The summed E-state index contributed by atoms with van der Waals surface area (Å²) < 4.78 is 0. The number of rotatable bonds is 3. The predicted octanol–water partition coefficient (Wildman–Crippen LogP) is 2.72. The molecular weight excluding hydrogens is 246 g/mol. The first kappa shape index (κ1) is 13.7. The van der Waals surface area contributed by atoms with Crippen molar-refractivity contribution in [1.82, 2.24) is 5.32 Å². The molecule has 2 aliphatic rings. The minimum Gasteiger partial charge on any atom is -0.372 e. The average molecular weight is 273 g/mol. The highest BCUT2D eigenvalue weighted by Gasteiger charge is 2.24. The molecule has 0 bridgehead atoms. The number of piperidine rings is 1. The highest BCUT2D eigenvalue weighted by Crippen LogP contribution is 2.27. The number of hydrogen-bond donors (Lipinski definition) is 1. The van der Waals surface area contributed by atoms with Gasteiger partial charge >= 0.3 is 0 Å². The van der Waals surface area contributed by atoms with E-state index < -0.39 is 0 Å². The Morgan fingerprint density at radius 3 is 2.10 bits per heavy atom. The van der Waals surface area contributed by atoms with Crippen LogP contribution in [0.25, 0.3) is 0 Å². The van der Waals surface area contributed by atoms with Gasteiger partial charge in [-0.1, -0.05) is 6.92 Å². The van der Waals surface area contributed by atoms with Crippen molar-refractivity contribution in [1.29, 1.82) is 0 Å². The zero-order chi connectivity index (χ0) is 13.9. The van der Waals surface area contributed by atoms with Gasteiger partial charge in [0.05, 0.1) is 0 Å². The van der Waals surface area contributed by atoms with E-state index in [0.717, 1.165) is 6.54 Å². The third-order valence-electron chi connectivity index (χ3n) is 4.96. The van der Waals surface area contributed by atoms with Crippen molar-refractivity contribution in [2.24, 2.45) is 5.92 Å². The first-order valence-electron chi connectivity index (χ1n) is 8.05. The van der Waals surface area contributed by atoms with Crippen LogP contribution in [-0.4, -0.2) is 39.3 Å². The normalized spacial score (nSPS) is 27.1. The maximum atomic E-state index is 3.44. The molecule has 20 heavy (non-hydrogen) atoms. The van der Waals surface area contributed by atoms with Gasteiger partial charge < -0.3 is 15.1 Å². The summed E-state index contributed by atoms with van der Waals surface area (Å²) in [6.07, 6.45) is 3.93. The van der Waals surface area contributed by atoms with Crippen LogP contribution < -0.4 is 15.1 Å². The molecule has 2 unspecified atom stereocenters. The smallest absolute Gasteiger partial charge is 0.0367 e. The van der Waals surface area contributed by atoms with Crippen molar-refractivity contribution in [3.05, 3.63) is 24.3 Å². The molecule has 0 aromatic heterocycles. The van der Waals surface area contributed by atoms with E-state index in [1.165, 1.54) is 50.3 Å². The molecule has 1 aromatic carbocycles. The number of hydrogen-bond acceptors (Lipinski definition) is 3. The van der Waals surface area contributed by atoms with Crippen molar-refractivity contribution < 1.29 is 0 Å². The second-order valence-electron chi connectivity index (χ2n) is 6.32. The van der Waals surface area contributed by atoms with Gasteiger partial charge in [-0.2, -0.15) is 0 Å². The summed E-state index contributed by atoms with van der Waals surface area (Å²) in [5, 5.41) is 3.44. The fourth-order valence-corrected chi connectivity index (χ4v) is 3.66. The van der Waals surface area contributed by atoms with Crippen LogP contribution in [0.15, 0.2) is 24.3 Å². The largest absolute Gasteiger partial charge is 0.372 e. The van der Waals surface area contributed by atoms with Gasteiger partial charge in [-0.15, -0.1) is 0 Å². The zero-order valence-electron chi connectivity index (χ0n) is 12.8. The summed E-state index contributed by atoms with van der Waals surface area (Å²) in [7, 11) is 2.08. The van der Waals surface area contributed by atoms with E-state index in [2.05, 4.69) is 53.4 Å². The average Bonchev–Trinajstić information content (AvgIpc) is 3.01. The van der Waals surface area contributed by atoms with Crippen molar-refractivity contribution >= 4 is 11.4 Å². The molecule has 3 rings (SSSR count). The van der Waals surface area contributed by atoms with Crippen molar-refractivity contribution in [3.63, 3.8) is 0 Å². The molecule has 0 radical (unpaired) electrons. The minimum atomic E-state index is 0.676. The van der Waals surface area contributed by atoms with Gasteiger partial charge in [-0.25, -0.2) is 0 Å². The quantitative estimate of drug-likeness (QED) is 0.913. The van der Waals surface area contributed by atoms with Crippen molar-refractivity contribution in [3.8, 4) is 0 Å². The Kier molecular flexibility index (Phi) is 4.16. The number of nitrogens with zero attached hydrogens (tertiary/aromatic N) is 2. The lowest BCUT2D eigenvalue weighted by atomic mass is 9.93. The molecule has 3 heteroatoms. The predicted molar refractivity (Wildman–Crippen MR) is 86.7 cm³/mol. The SMILES string of the molecule is CNC1CCN(c2ccc(N3CCCC3)cc2)CC1C. The molecule has 1 N–H and O–H groups in total. The van der Waals surface area contributed by atoms with Gasteiger partial charge in [0.1, 0.15) is 0 Å². The Labute approximate surface area is 123 Å². The maximum absolute atomic E-state index is 3.44. The van der Waals surface area contributed by atoms with Gasteiger partial charge in [0.15, 0.2) is 0 Å². The number of anilines is 2. The summed E-state index contributed by atoms with van der Waals surface area (Å²) in [6, 6.07) is 9.89. The van der Waals surface area contributed by atoms with Crippen LogP contribution in [0.3, 0.4) is 0 Å². The van der Waals surface area contributed by atoms with Gasteiger partial charge in [0.2, 0.25) is 0 Å². The molecular formula is C17H27N3. The van der Waals surface area contributed by atoms with Crippen LogP contribution >= 0.6 is 0 Å². The molecule has 2 heterocycles. The standard InChI is InChI=1S/C17H27N3/c1-14-13-20(12-9-17(14)18-2)16-7-5-15(6-8-16)19-10-3-4-11-19/h5-8,14,17-18H,3-4,9-13H2,1-2H3. The number of nitrogens with one attached hydrogen (secondary N) is 1. The fraction of sp³-hybridized carbons (Fsp3) is 0.647. The van der Waals surface area contributed by atoms with Crippen LogP contribution in [0.4, 0.5) is 11.4 Å². The third kappa shape index (κ3) is 2.78. The van der Waals surface area contributed by atoms with Crippen LogP contribution in [0.2, 0.25) is 0 Å². The number of benzene rings is 1.